The molecule has 0 amide bonds. The van der Waals surface area contributed by atoms with Crippen molar-refractivity contribution >= 4 is 5.69 Å². The van der Waals surface area contributed by atoms with E-state index < -0.39 is 4.92 Å². The molecule has 74 valence electrons. The van der Waals surface area contributed by atoms with E-state index in [4.69, 9.17) is 5.73 Å². The molecule has 0 unspecified atom stereocenters. The Kier molecular flexibility index (Phi) is 2.99. The molecule has 0 aliphatic heterocycles. The number of hydrogen-bond donors (Lipinski definition) is 1. The van der Waals surface area contributed by atoms with Crippen molar-refractivity contribution in [2.75, 3.05) is 0 Å². The summed E-state index contributed by atoms with van der Waals surface area (Å²) in [6, 6.07) is 4.36. The van der Waals surface area contributed by atoms with Crippen LogP contribution >= 0.6 is 0 Å². The Balaban J connectivity index is 3.13. The van der Waals surface area contributed by atoms with Gasteiger partial charge in [-0.05, 0) is 18.1 Å². The van der Waals surface area contributed by atoms with Crippen molar-refractivity contribution in [2.45, 2.75) is 13.0 Å². The summed E-state index contributed by atoms with van der Waals surface area (Å²) in [6.07, 6.45) is 1.61. The zero-order chi connectivity index (χ0) is 10.7. The lowest BCUT2D eigenvalue weighted by Gasteiger charge is -2.09. The lowest BCUT2D eigenvalue weighted by atomic mass is 10.0. The summed E-state index contributed by atoms with van der Waals surface area (Å²) in [5.74, 6) is 0. The lowest BCUT2D eigenvalue weighted by Crippen LogP contribution is -2.08. The Labute approximate surface area is 82.2 Å². The van der Waals surface area contributed by atoms with Gasteiger partial charge in [-0.3, -0.25) is 10.1 Å². The van der Waals surface area contributed by atoms with Crippen molar-refractivity contribution in [1.29, 1.82) is 0 Å². The highest BCUT2D eigenvalue weighted by Gasteiger charge is 2.10. The topological polar surface area (TPSA) is 69.2 Å². The van der Waals surface area contributed by atoms with Crippen LogP contribution in [0, 0.1) is 17.0 Å². The average Bonchev–Trinajstić information content (AvgIpc) is 2.16. The zero-order valence-electron chi connectivity index (χ0n) is 7.93. The van der Waals surface area contributed by atoms with E-state index in [-0.39, 0.29) is 11.7 Å². The van der Waals surface area contributed by atoms with Gasteiger partial charge in [0.2, 0.25) is 0 Å². The van der Waals surface area contributed by atoms with Crippen LogP contribution in [0.1, 0.15) is 17.2 Å². The van der Waals surface area contributed by atoms with E-state index in [1.165, 1.54) is 12.1 Å². The first kappa shape index (κ1) is 10.4. The second-order valence-electron chi connectivity index (χ2n) is 3.06. The molecule has 0 aliphatic carbocycles. The SMILES string of the molecule is C=C[C@H](N)c1ccc([N+](=O)[O-])cc1C. The molecule has 1 aromatic rings. The number of benzene rings is 1. The predicted molar refractivity (Wildman–Crippen MR) is 55.0 cm³/mol. The smallest absolute Gasteiger partial charge is 0.269 e. The molecule has 0 aromatic heterocycles. The van der Waals surface area contributed by atoms with E-state index in [9.17, 15) is 10.1 Å². The molecule has 14 heavy (non-hydrogen) atoms. The lowest BCUT2D eigenvalue weighted by molar-refractivity contribution is -0.384. The first-order valence-electron chi connectivity index (χ1n) is 4.19. The highest BCUT2D eigenvalue weighted by Crippen LogP contribution is 2.21. The van der Waals surface area contributed by atoms with E-state index in [0.717, 1.165) is 11.1 Å². The van der Waals surface area contributed by atoms with E-state index >= 15 is 0 Å². The number of nitrogens with zero attached hydrogens (tertiary/aromatic N) is 1. The average molecular weight is 192 g/mol. The molecule has 0 saturated carbocycles. The molecule has 0 heterocycles. The fourth-order valence-electron chi connectivity index (χ4n) is 1.27. The van der Waals surface area contributed by atoms with Gasteiger partial charge < -0.3 is 5.73 Å². The predicted octanol–water partition coefficient (Wildman–Crippen LogP) is 2.09. The first-order chi connectivity index (χ1) is 6.56. The molecule has 0 saturated heterocycles. The number of rotatable bonds is 3. The van der Waals surface area contributed by atoms with Crippen molar-refractivity contribution < 1.29 is 4.92 Å². The summed E-state index contributed by atoms with van der Waals surface area (Å²) in [5.41, 5.74) is 7.50. The summed E-state index contributed by atoms with van der Waals surface area (Å²) in [5, 5.41) is 10.5. The normalized spacial score (nSPS) is 12.1. The van der Waals surface area contributed by atoms with Crippen LogP contribution in [-0.2, 0) is 0 Å². The van der Waals surface area contributed by atoms with Crippen molar-refractivity contribution in [2.24, 2.45) is 5.73 Å². The van der Waals surface area contributed by atoms with Crippen molar-refractivity contribution in [3.05, 3.63) is 52.1 Å². The molecular weight excluding hydrogens is 180 g/mol. The molecule has 1 aromatic carbocycles. The molecule has 0 aliphatic rings. The van der Waals surface area contributed by atoms with Gasteiger partial charge in [0.15, 0.2) is 0 Å². The van der Waals surface area contributed by atoms with Crippen molar-refractivity contribution in [1.82, 2.24) is 0 Å². The maximum absolute atomic E-state index is 10.5. The van der Waals surface area contributed by atoms with Crippen LogP contribution in [0.2, 0.25) is 0 Å². The number of aryl methyl sites for hydroxylation is 1. The molecule has 4 nitrogen and oxygen atoms in total. The molecule has 2 N–H and O–H groups in total. The summed E-state index contributed by atoms with van der Waals surface area (Å²) in [7, 11) is 0. The third-order valence-electron chi connectivity index (χ3n) is 2.08. The van der Waals surface area contributed by atoms with Crippen LogP contribution in [0.5, 0.6) is 0 Å². The fraction of sp³-hybridized carbons (Fsp3) is 0.200. The van der Waals surface area contributed by atoms with E-state index in [1.807, 2.05) is 0 Å². The molecular formula is C10H12N2O2. The van der Waals surface area contributed by atoms with Crippen LogP contribution in [0.3, 0.4) is 0 Å². The highest BCUT2D eigenvalue weighted by atomic mass is 16.6. The Hall–Kier alpha value is -1.68. The maximum Gasteiger partial charge on any atom is 0.269 e. The monoisotopic (exact) mass is 192 g/mol. The second kappa shape index (κ2) is 4.02. The third kappa shape index (κ3) is 1.97. The van der Waals surface area contributed by atoms with Gasteiger partial charge in [-0.2, -0.15) is 0 Å². The Morgan fingerprint density at radius 2 is 2.29 bits per heavy atom. The van der Waals surface area contributed by atoms with Gasteiger partial charge >= 0.3 is 0 Å². The standard InChI is InChI=1S/C10H12N2O2/c1-3-10(11)9-5-4-8(12(13)14)6-7(9)2/h3-6,10H,1,11H2,2H3/t10-/m0/s1. The summed E-state index contributed by atoms with van der Waals surface area (Å²) < 4.78 is 0. The van der Waals surface area contributed by atoms with Crippen LogP contribution in [-0.4, -0.2) is 4.92 Å². The number of hydrogen-bond acceptors (Lipinski definition) is 3. The van der Waals surface area contributed by atoms with Gasteiger partial charge in [0.1, 0.15) is 0 Å². The quantitative estimate of drug-likeness (QED) is 0.453. The summed E-state index contributed by atoms with van der Waals surface area (Å²) >= 11 is 0. The van der Waals surface area contributed by atoms with E-state index in [2.05, 4.69) is 6.58 Å². The minimum Gasteiger partial charge on any atom is -0.321 e. The minimum absolute atomic E-state index is 0.0857. The van der Waals surface area contributed by atoms with Crippen molar-refractivity contribution in [3.8, 4) is 0 Å². The highest BCUT2D eigenvalue weighted by molar-refractivity contribution is 5.41. The Morgan fingerprint density at radius 1 is 1.64 bits per heavy atom. The Bertz CT molecular complexity index is 374. The molecule has 0 spiro atoms. The van der Waals surface area contributed by atoms with Gasteiger partial charge in [-0.25, -0.2) is 0 Å². The van der Waals surface area contributed by atoms with Gasteiger partial charge in [-0.1, -0.05) is 12.1 Å². The van der Waals surface area contributed by atoms with E-state index in [0.29, 0.717) is 0 Å². The molecule has 0 radical (unpaired) electrons. The molecule has 1 rings (SSSR count). The number of nitro benzene ring substituents is 1. The number of nitro groups is 1. The van der Waals surface area contributed by atoms with Gasteiger partial charge in [0.25, 0.3) is 5.69 Å². The zero-order valence-corrected chi connectivity index (χ0v) is 7.93. The summed E-state index contributed by atoms with van der Waals surface area (Å²) in [4.78, 5) is 10.0. The third-order valence-corrected chi connectivity index (χ3v) is 2.08. The van der Waals surface area contributed by atoms with Crippen LogP contribution in [0.25, 0.3) is 0 Å². The Morgan fingerprint density at radius 3 is 2.71 bits per heavy atom. The second-order valence-corrected chi connectivity index (χ2v) is 3.06. The van der Waals surface area contributed by atoms with Gasteiger partial charge in [0, 0.05) is 18.2 Å². The summed E-state index contributed by atoms with van der Waals surface area (Å²) in [6.45, 7) is 5.37. The van der Waals surface area contributed by atoms with Gasteiger partial charge in [-0.15, -0.1) is 6.58 Å². The maximum atomic E-state index is 10.5. The first-order valence-corrected chi connectivity index (χ1v) is 4.19. The molecule has 4 heteroatoms. The number of non-ortho nitro benzene ring substituents is 1. The number of nitrogens with two attached hydrogens (primary N) is 1. The van der Waals surface area contributed by atoms with Gasteiger partial charge in [0.05, 0.1) is 4.92 Å². The van der Waals surface area contributed by atoms with E-state index in [1.54, 1.807) is 19.1 Å². The fourth-order valence-corrected chi connectivity index (χ4v) is 1.27. The largest absolute Gasteiger partial charge is 0.321 e. The molecule has 1 atom stereocenters. The minimum atomic E-state index is -0.420. The van der Waals surface area contributed by atoms with Crippen LogP contribution in [0.4, 0.5) is 5.69 Å². The molecule has 0 fully saturated rings. The van der Waals surface area contributed by atoms with Crippen LogP contribution in [0.15, 0.2) is 30.9 Å². The van der Waals surface area contributed by atoms with Crippen LogP contribution < -0.4 is 5.73 Å². The molecule has 0 bridgehead atoms. The van der Waals surface area contributed by atoms with Crippen molar-refractivity contribution in [3.63, 3.8) is 0 Å².